The number of nitrogens with zero attached hydrogens (tertiary/aromatic N) is 1. The first kappa shape index (κ1) is 16.0. The number of fused-ring (bicyclic) bond motifs is 1. The summed E-state index contributed by atoms with van der Waals surface area (Å²) >= 11 is 0. The van der Waals surface area contributed by atoms with Gasteiger partial charge in [-0.2, -0.15) is 0 Å². The zero-order chi connectivity index (χ0) is 15.9. The number of hydrogen-bond donors (Lipinski definition) is 1. The quantitative estimate of drug-likeness (QED) is 0.797. The van der Waals surface area contributed by atoms with E-state index in [1.165, 1.54) is 5.39 Å². The average molecular weight is 299 g/mol. The largest absolute Gasteiger partial charge is 0.481 e. The summed E-state index contributed by atoms with van der Waals surface area (Å²) < 4.78 is 0. The second kappa shape index (κ2) is 7.59. The lowest BCUT2D eigenvalue weighted by molar-refractivity contribution is -0.137. The maximum absolute atomic E-state index is 12.1. The molecule has 0 unspecified atom stereocenters. The first-order valence-electron chi connectivity index (χ1n) is 7.50. The molecule has 0 aliphatic carbocycles. The summed E-state index contributed by atoms with van der Waals surface area (Å²) in [6, 6.07) is 14.2. The number of unbranched alkanes of at least 4 members (excludes halogenated alkanes) is 1. The van der Waals surface area contributed by atoms with E-state index in [9.17, 15) is 9.59 Å². The molecule has 0 fully saturated rings. The molecule has 1 amide bonds. The van der Waals surface area contributed by atoms with Crippen LogP contribution in [0.3, 0.4) is 0 Å². The van der Waals surface area contributed by atoms with Gasteiger partial charge in [0.25, 0.3) is 0 Å². The van der Waals surface area contributed by atoms with Gasteiger partial charge in [0.05, 0.1) is 0 Å². The molecule has 4 heteroatoms. The Bertz CT molecular complexity index is 661. The molecule has 0 saturated carbocycles. The van der Waals surface area contributed by atoms with Gasteiger partial charge in [-0.1, -0.05) is 42.5 Å². The Hall–Kier alpha value is -2.36. The number of amides is 1. The fourth-order valence-corrected chi connectivity index (χ4v) is 2.52. The molecule has 2 aromatic rings. The van der Waals surface area contributed by atoms with Crippen LogP contribution in [0.15, 0.2) is 42.5 Å². The Labute approximate surface area is 130 Å². The molecule has 2 rings (SSSR count). The van der Waals surface area contributed by atoms with Gasteiger partial charge in [-0.05, 0) is 29.2 Å². The van der Waals surface area contributed by atoms with E-state index in [2.05, 4.69) is 18.2 Å². The first-order chi connectivity index (χ1) is 10.6. The van der Waals surface area contributed by atoms with Crippen LogP contribution in [0.2, 0.25) is 0 Å². The Morgan fingerprint density at radius 3 is 2.45 bits per heavy atom. The van der Waals surface area contributed by atoms with Crippen molar-refractivity contribution in [1.29, 1.82) is 0 Å². The van der Waals surface area contributed by atoms with Gasteiger partial charge in [0.2, 0.25) is 5.91 Å². The van der Waals surface area contributed by atoms with Crippen LogP contribution in [-0.2, 0) is 16.1 Å². The summed E-state index contributed by atoms with van der Waals surface area (Å²) in [6.45, 7) is 0.569. The van der Waals surface area contributed by atoms with Gasteiger partial charge >= 0.3 is 5.97 Å². The molecule has 0 heterocycles. The predicted octanol–water partition coefficient (Wildman–Crippen LogP) is 3.44. The number of carbonyl (C=O) groups excluding carboxylic acids is 1. The lowest BCUT2D eigenvalue weighted by Gasteiger charge is -2.18. The van der Waals surface area contributed by atoms with Crippen LogP contribution in [-0.4, -0.2) is 28.9 Å². The molecule has 2 aromatic carbocycles. The summed E-state index contributed by atoms with van der Waals surface area (Å²) in [7, 11) is 1.79. The highest BCUT2D eigenvalue weighted by atomic mass is 16.4. The van der Waals surface area contributed by atoms with Crippen LogP contribution < -0.4 is 0 Å². The maximum Gasteiger partial charge on any atom is 0.303 e. The van der Waals surface area contributed by atoms with Crippen LogP contribution in [0.5, 0.6) is 0 Å². The van der Waals surface area contributed by atoms with E-state index in [1.54, 1.807) is 11.9 Å². The summed E-state index contributed by atoms with van der Waals surface area (Å²) in [5.74, 6) is -0.755. The fraction of sp³-hybridized carbons (Fsp3) is 0.333. The highest BCUT2D eigenvalue weighted by molar-refractivity contribution is 5.86. The smallest absolute Gasteiger partial charge is 0.303 e. The van der Waals surface area contributed by atoms with Gasteiger partial charge < -0.3 is 10.0 Å². The van der Waals surface area contributed by atoms with E-state index in [4.69, 9.17) is 5.11 Å². The van der Waals surface area contributed by atoms with E-state index in [0.29, 0.717) is 25.8 Å². The zero-order valence-electron chi connectivity index (χ0n) is 12.8. The van der Waals surface area contributed by atoms with Crippen molar-refractivity contribution in [2.45, 2.75) is 32.2 Å². The molecule has 1 N–H and O–H groups in total. The van der Waals surface area contributed by atoms with Gasteiger partial charge in [0, 0.05) is 26.4 Å². The van der Waals surface area contributed by atoms with E-state index in [1.807, 2.05) is 24.3 Å². The van der Waals surface area contributed by atoms with Crippen LogP contribution in [0.25, 0.3) is 10.8 Å². The van der Waals surface area contributed by atoms with E-state index < -0.39 is 5.97 Å². The number of carboxylic acids is 1. The third-order valence-electron chi connectivity index (χ3n) is 3.74. The van der Waals surface area contributed by atoms with Crippen molar-refractivity contribution in [3.63, 3.8) is 0 Å². The Balaban J connectivity index is 1.94. The summed E-state index contributed by atoms with van der Waals surface area (Å²) in [4.78, 5) is 24.3. The van der Waals surface area contributed by atoms with Crippen LogP contribution >= 0.6 is 0 Å². The fourth-order valence-electron chi connectivity index (χ4n) is 2.52. The standard InChI is InChI=1S/C18H21NO3/c1-19(17(20)11-4-5-12-18(21)22)13-15-9-6-8-14-7-2-3-10-16(14)15/h2-3,6-10H,4-5,11-13H2,1H3,(H,21,22). The number of carboxylic acid groups (broad SMARTS) is 1. The predicted molar refractivity (Wildman–Crippen MR) is 86.5 cm³/mol. The van der Waals surface area contributed by atoms with Crippen molar-refractivity contribution in [3.8, 4) is 0 Å². The van der Waals surface area contributed by atoms with Gasteiger partial charge in [-0.3, -0.25) is 9.59 Å². The summed E-state index contributed by atoms with van der Waals surface area (Å²) in [6.07, 6.45) is 1.68. The summed E-state index contributed by atoms with van der Waals surface area (Å²) in [5, 5.41) is 10.9. The van der Waals surface area contributed by atoms with E-state index >= 15 is 0 Å². The minimum absolute atomic E-state index is 0.0540. The number of carbonyl (C=O) groups is 2. The van der Waals surface area contributed by atoms with Gasteiger partial charge in [-0.15, -0.1) is 0 Å². The average Bonchev–Trinajstić information content (AvgIpc) is 2.51. The molecule has 116 valence electrons. The Morgan fingerprint density at radius 2 is 1.68 bits per heavy atom. The van der Waals surface area contributed by atoms with Crippen LogP contribution in [0.1, 0.15) is 31.2 Å². The molecular weight excluding hydrogens is 278 g/mol. The maximum atomic E-state index is 12.1. The topological polar surface area (TPSA) is 57.6 Å². The second-order valence-electron chi connectivity index (χ2n) is 5.49. The highest BCUT2D eigenvalue weighted by Crippen LogP contribution is 2.20. The highest BCUT2D eigenvalue weighted by Gasteiger charge is 2.11. The summed E-state index contributed by atoms with van der Waals surface area (Å²) in [5.41, 5.74) is 1.12. The molecule has 0 aromatic heterocycles. The second-order valence-corrected chi connectivity index (χ2v) is 5.49. The van der Waals surface area contributed by atoms with E-state index in [0.717, 1.165) is 10.9 Å². The normalized spacial score (nSPS) is 10.6. The van der Waals surface area contributed by atoms with Crippen molar-refractivity contribution in [3.05, 3.63) is 48.0 Å². The third kappa shape index (κ3) is 4.32. The first-order valence-corrected chi connectivity index (χ1v) is 7.50. The molecule has 0 radical (unpaired) electrons. The molecule has 0 aliphatic heterocycles. The molecule has 0 atom stereocenters. The zero-order valence-corrected chi connectivity index (χ0v) is 12.8. The molecular formula is C18H21NO3. The molecule has 4 nitrogen and oxygen atoms in total. The molecule has 0 saturated heterocycles. The number of benzene rings is 2. The number of hydrogen-bond acceptors (Lipinski definition) is 2. The lowest BCUT2D eigenvalue weighted by Crippen LogP contribution is -2.26. The van der Waals surface area contributed by atoms with Crippen LogP contribution in [0.4, 0.5) is 0 Å². The van der Waals surface area contributed by atoms with Gasteiger partial charge in [0.1, 0.15) is 0 Å². The SMILES string of the molecule is CN(Cc1cccc2ccccc12)C(=O)CCCCC(=O)O. The molecule has 22 heavy (non-hydrogen) atoms. The van der Waals surface area contributed by atoms with Gasteiger partial charge in [-0.25, -0.2) is 0 Å². The minimum Gasteiger partial charge on any atom is -0.481 e. The van der Waals surface area contributed by atoms with Gasteiger partial charge in [0.15, 0.2) is 0 Å². The Kier molecular flexibility index (Phi) is 5.53. The molecule has 0 spiro atoms. The Morgan fingerprint density at radius 1 is 1.00 bits per heavy atom. The molecule has 0 bridgehead atoms. The third-order valence-corrected chi connectivity index (χ3v) is 3.74. The number of rotatable bonds is 7. The van der Waals surface area contributed by atoms with Crippen molar-refractivity contribution in [1.82, 2.24) is 4.90 Å². The number of aliphatic carboxylic acids is 1. The van der Waals surface area contributed by atoms with Crippen molar-refractivity contribution >= 4 is 22.6 Å². The lowest BCUT2D eigenvalue weighted by atomic mass is 10.0. The van der Waals surface area contributed by atoms with E-state index in [-0.39, 0.29) is 12.3 Å². The molecule has 0 aliphatic rings. The monoisotopic (exact) mass is 299 g/mol. The van der Waals surface area contributed by atoms with Crippen molar-refractivity contribution in [2.24, 2.45) is 0 Å². The van der Waals surface area contributed by atoms with Crippen molar-refractivity contribution < 1.29 is 14.7 Å². The minimum atomic E-state index is -0.809. The van der Waals surface area contributed by atoms with Crippen molar-refractivity contribution in [2.75, 3.05) is 7.05 Å². The van der Waals surface area contributed by atoms with Crippen LogP contribution in [0, 0.1) is 0 Å².